The summed E-state index contributed by atoms with van der Waals surface area (Å²) in [7, 11) is 3.03. The molecule has 0 spiro atoms. The number of methoxy groups -OCH3 is 2. The molecule has 178 valence electrons. The van der Waals surface area contributed by atoms with Crippen molar-refractivity contribution in [1.29, 1.82) is 0 Å². The first-order chi connectivity index (χ1) is 14.6. The van der Waals surface area contributed by atoms with E-state index in [1.807, 2.05) is 48.5 Å². The van der Waals surface area contributed by atoms with Crippen molar-refractivity contribution in [2.24, 2.45) is 0 Å². The zero-order chi connectivity index (χ0) is 21.1. The van der Waals surface area contributed by atoms with E-state index in [4.69, 9.17) is 9.47 Å². The maximum Gasteiger partial charge on any atom is 3.00 e. The SMILES string of the molecule is COc1cccc(-c2ccc(-c3ccc(-c4cccc(OC)c4O)cn3)nc2)c1O.[Cl-].[Cl-].[Cl-].[Mn+3]. The Morgan fingerprint density at radius 3 is 1.26 bits per heavy atom. The van der Waals surface area contributed by atoms with Gasteiger partial charge in [-0.2, -0.15) is 0 Å². The van der Waals surface area contributed by atoms with Crippen molar-refractivity contribution < 1.29 is 74.0 Å². The first kappa shape index (κ1) is 31.3. The smallest absolute Gasteiger partial charge is 1.00 e. The summed E-state index contributed by atoms with van der Waals surface area (Å²) in [5.41, 5.74) is 4.22. The number of hydrogen-bond donors (Lipinski definition) is 2. The number of halogens is 3. The van der Waals surface area contributed by atoms with E-state index in [1.54, 1.807) is 24.5 Å². The molecule has 0 aliphatic rings. The summed E-state index contributed by atoms with van der Waals surface area (Å²) in [4.78, 5) is 8.97. The molecule has 2 aromatic carbocycles. The number of para-hydroxylation sites is 2. The molecular weight excluding hydrogens is 542 g/mol. The third-order valence-corrected chi connectivity index (χ3v) is 4.85. The fourth-order valence-electron chi connectivity index (χ4n) is 3.25. The number of nitrogens with zero attached hydrogens (tertiary/aromatic N) is 2. The van der Waals surface area contributed by atoms with E-state index >= 15 is 0 Å². The number of phenolic OH excluding ortho intramolecular Hbond substituents is 2. The van der Waals surface area contributed by atoms with Gasteiger partial charge in [0.25, 0.3) is 0 Å². The quantitative estimate of drug-likeness (QED) is 0.241. The normalized spacial score (nSPS) is 9.35. The van der Waals surface area contributed by atoms with Gasteiger partial charge < -0.3 is 56.9 Å². The zero-order valence-corrected chi connectivity index (χ0v) is 21.5. The molecule has 0 bridgehead atoms. The molecule has 2 aromatic heterocycles. The third-order valence-electron chi connectivity index (χ3n) is 4.85. The van der Waals surface area contributed by atoms with Crippen LogP contribution in [0.3, 0.4) is 0 Å². The fraction of sp³-hybridized carbons (Fsp3) is 0.0833. The molecule has 0 atom stereocenters. The Morgan fingerprint density at radius 2 is 0.971 bits per heavy atom. The van der Waals surface area contributed by atoms with Gasteiger partial charge in [-0.1, -0.05) is 36.4 Å². The van der Waals surface area contributed by atoms with Crippen LogP contribution < -0.4 is 46.7 Å². The van der Waals surface area contributed by atoms with Crippen LogP contribution in [0.25, 0.3) is 33.6 Å². The van der Waals surface area contributed by atoms with Gasteiger partial charge in [0.15, 0.2) is 23.0 Å². The molecule has 2 N–H and O–H groups in total. The van der Waals surface area contributed by atoms with Crippen LogP contribution >= 0.6 is 0 Å². The Balaban J connectivity index is 0.00000272. The Morgan fingerprint density at radius 1 is 0.588 bits per heavy atom. The largest absolute Gasteiger partial charge is 3.00 e. The van der Waals surface area contributed by atoms with E-state index < -0.39 is 0 Å². The summed E-state index contributed by atoms with van der Waals surface area (Å²) in [6, 6.07) is 18.1. The predicted octanol–water partition coefficient (Wildman–Crippen LogP) is -4.08. The summed E-state index contributed by atoms with van der Waals surface area (Å²) in [6.45, 7) is 0. The van der Waals surface area contributed by atoms with Gasteiger partial charge in [0.05, 0.1) is 25.6 Å². The van der Waals surface area contributed by atoms with Crippen LogP contribution in [0.5, 0.6) is 23.0 Å². The average molecular weight is 562 g/mol. The van der Waals surface area contributed by atoms with Crippen LogP contribution in [0, 0.1) is 0 Å². The molecule has 4 rings (SSSR count). The molecule has 2 heterocycles. The second-order valence-corrected chi connectivity index (χ2v) is 6.58. The average Bonchev–Trinajstić information content (AvgIpc) is 2.80. The van der Waals surface area contributed by atoms with Crippen LogP contribution in [0.15, 0.2) is 73.1 Å². The van der Waals surface area contributed by atoms with E-state index in [9.17, 15) is 10.2 Å². The van der Waals surface area contributed by atoms with Gasteiger partial charge in [0.1, 0.15) is 0 Å². The number of phenols is 2. The van der Waals surface area contributed by atoms with Crippen molar-refractivity contribution in [2.75, 3.05) is 14.2 Å². The molecule has 0 amide bonds. The first-order valence-corrected chi connectivity index (χ1v) is 9.27. The van der Waals surface area contributed by atoms with Crippen LogP contribution in [-0.4, -0.2) is 34.4 Å². The number of ether oxygens (including phenoxy) is 2. The number of hydrogen-bond acceptors (Lipinski definition) is 6. The van der Waals surface area contributed by atoms with E-state index in [1.165, 1.54) is 14.2 Å². The predicted molar refractivity (Wildman–Crippen MR) is 115 cm³/mol. The van der Waals surface area contributed by atoms with E-state index in [-0.39, 0.29) is 65.8 Å². The van der Waals surface area contributed by atoms with Crippen LogP contribution in [0.2, 0.25) is 0 Å². The number of rotatable bonds is 5. The molecule has 0 aliphatic heterocycles. The minimum Gasteiger partial charge on any atom is -1.00 e. The minimum absolute atomic E-state index is 0. The van der Waals surface area contributed by atoms with Crippen LogP contribution in [-0.2, 0) is 17.1 Å². The molecule has 6 nitrogen and oxygen atoms in total. The summed E-state index contributed by atoms with van der Waals surface area (Å²) >= 11 is 0. The molecule has 4 aromatic rings. The van der Waals surface area contributed by atoms with Gasteiger partial charge in [-0.25, -0.2) is 0 Å². The Bertz CT molecular complexity index is 1100. The first-order valence-electron chi connectivity index (χ1n) is 9.27. The summed E-state index contributed by atoms with van der Waals surface area (Å²) < 4.78 is 10.3. The second-order valence-electron chi connectivity index (χ2n) is 6.58. The molecule has 0 saturated carbocycles. The molecule has 0 aliphatic carbocycles. The molecule has 0 unspecified atom stereocenters. The fourth-order valence-corrected chi connectivity index (χ4v) is 3.25. The molecule has 10 heteroatoms. The molecular formula is C24H20Cl3MnN2O4. The number of benzene rings is 2. The summed E-state index contributed by atoms with van der Waals surface area (Å²) in [5.74, 6) is 0.981. The minimum atomic E-state index is 0. The Kier molecular flexibility index (Phi) is 12.8. The Labute approximate surface area is 227 Å². The van der Waals surface area contributed by atoms with E-state index in [2.05, 4.69) is 9.97 Å². The van der Waals surface area contributed by atoms with E-state index in [0.29, 0.717) is 34.0 Å². The van der Waals surface area contributed by atoms with Crippen molar-refractivity contribution in [3.8, 4) is 56.6 Å². The van der Waals surface area contributed by atoms with Crippen molar-refractivity contribution in [1.82, 2.24) is 9.97 Å². The summed E-state index contributed by atoms with van der Waals surface area (Å²) in [5, 5.41) is 20.7. The molecule has 0 radical (unpaired) electrons. The van der Waals surface area contributed by atoms with Crippen LogP contribution in [0.1, 0.15) is 0 Å². The van der Waals surface area contributed by atoms with Gasteiger partial charge in [-0.05, 0) is 24.3 Å². The Hall–Kier alpha value is -2.67. The molecule has 0 saturated heterocycles. The van der Waals surface area contributed by atoms with Crippen molar-refractivity contribution in [3.63, 3.8) is 0 Å². The number of aromatic nitrogens is 2. The maximum atomic E-state index is 10.3. The van der Waals surface area contributed by atoms with E-state index in [0.717, 1.165) is 11.1 Å². The van der Waals surface area contributed by atoms with Gasteiger partial charge >= 0.3 is 17.1 Å². The standard InChI is InChI=1S/C24H20N2O4.3ClH.Mn/c1-29-21-7-3-5-17(23(21)27)15-9-11-19(25-13-15)20-12-10-16(14-26-20)18-6-4-8-22(30-2)24(18)28;;;;/h3-14,27-28H,1-2H3;3*1H;/q;;;;+3/p-3. The monoisotopic (exact) mass is 560 g/mol. The van der Waals surface area contributed by atoms with Gasteiger partial charge in [-0.3, -0.25) is 9.97 Å². The van der Waals surface area contributed by atoms with Gasteiger partial charge in [-0.15, -0.1) is 0 Å². The van der Waals surface area contributed by atoms with Crippen LogP contribution in [0.4, 0.5) is 0 Å². The van der Waals surface area contributed by atoms with Gasteiger partial charge in [0, 0.05) is 34.6 Å². The van der Waals surface area contributed by atoms with Crippen molar-refractivity contribution in [3.05, 3.63) is 73.1 Å². The topological polar surface area (TPSA) is 84.7 Å². The molecule has 0 fully saturated rings. The number of pyridine rings is 2. The second kappa shape index (κ2) is 13.9. The molecule has 34 heavy (non-hydrogen) atoms. The maximum absolute atomic E-state index is 10.3. The van der Waals surface area contributed by atoms with Crippen molar-refractivity contribution in [2.45, 2.75) is 0 Å². The third kappa shape index (κ3) is 6.26. The summed E-state index contributed by atoms with van der Waals surface area (Å²) in [6.07, 6.45) is 3.38. The van der Waals surface area contributed by atoms with Gasteiger partial charge in [0.2, 0.25) is 0 Å². The zero-order valence-electron chi connectivity index (χ0n) is 18.0. The number of aromatic hydroxyl groups is 2. The van der Waals surface area contributed by atoms with Crippen molar-refractivity contribution >= 4 is 0 Å².